The van der Waals surface area contributed by atoms with Crippen molar-refractivity contribution in [1.29, 1.82) is 0 Å². The molecule has 0 fully saturated rings. The van der Waals surface area contributed by atoms with Gasteiger partial charge in [0.2, 0.25) is 0 Å². The Kier molecular flexibility index (Phi) is 3.70. The molecule has 0 saturated heterocycles. The number of fused-ring (bicyclic) bond motifs is 1. The molecule has 0 bridgehead atoms. The third-order valence-electron chi connectivity index (χ3n) is 3.49. The van der Waals surface area contributed by atoms with Gasteiger partial charge in [0.15, 0.2) is 0 Å². The Morgan fingerprint density at radius 2 is 1.91 bits per heavy atom. The lowest BCUT2D eigenvalue weighted by Gasteiger charge is -2.09. The van der Waals surface area contributed by atoms with Crippen LogP contribution in [0.5, 0.6) is 11.5 Å². The number of benzene rings is 2. The van der Waals surface area contributed by atoms with Crippen molar-refractivity contribution in [3.63, 3.8) is 0 Å². The van der Waals surface area contributed by atoms with Crippen LogP contribution in [0.2, 0.25) is 0 Å². The predicted molar refractivity (Wildman–Crippen MR) is 85.8 cm³/mol. The van der Waals surface area contributed by atoms with E-state index in [0.29, 0.717) is 22.7 Å². The molecule has 3 aromatic rings. The van der Waals surface area contributed by atoms with E-state index >= 15 is 0 Å². The molecule has 0 spiro atoms. The molecule has 0 saturated carbocycles. The van der Waals surface area contributed by atoms with Crippen LogP contribution >= 0.6 is 0 Å². The number of aromatic amines is 1. The second kappa shape index (κ2) is 5.81. The lowest BCUT2D eigenvalue weighted by atomic mass is 10.1. The second-order valence-corrected chi connectivity index (χ2v) is 4.77. The summed E-state index contributed by atoms with van der Waals surface area (Å²) in [6, 6.07) is 12.9. The van der Waals surface area contributed by atoms with Crippen LogP contribution in [-0.4, -0.2) is 25.1 Å². The van der Waals surface area contributed by atoms with E-state index in [1.54, 1.807) is 32.5 Å². The number of anilines is 1. The molecular formula is C17H16N2O3. The normalized spacial score (nSPS) is 10.5. The number of nitrogens with one attached hydrogen (secondary N) is 2. The first-order chi connectivity index (χ1) is 10.7. The van der Waals surface area contributed by atoms with Gasteiger partial charge >= 0.3 is 0 Å². The highest BCUT2D eigenvalue weighted by Gasteiger charge is 2.14. The van der Waals surface area contributed by atoms with Gasteiger partial charge in [-0.1, -0.05) is 12.1 Å². The smallest absolute Gasteiger partial charge is 0.257 e. The minimum Gasteiger partial charge on any atom is -0.497 e. The van der Waals surface area contributed by atoms with Crippen LogP contribution in [0.15, 0.2) is 48.7 Å². The van der Waals surface area contributed by atoms with Crippen molar-refractivity contribution in [1.82, 2.24) is 4.98 Å². The van der Waals surface area contributed by atoms with Gasteiger partial charge in [0.1, 0.15) is 11.5 Å². The van der Waals surface area contributed by atoms with E-state index in [0.717, 1.165) is 10.9 Å². The van der Waals surface area contributed by atoms with Crippen molar-refractivity contribution in [2.24, 2.45) is 0 Å². The zero-order valence-corrected chi connectivity index (χ0v) is 12.3. The Labute approximate surface area is 127 Å². The number of carbonyl (C=O) groups excluding carboxylic acids is 1. The molecular weight excluding hydrogens is 280 g/mol. The monoisotopic (exact) mass is 296 g/mol. The first kappa shape index (κ1) is 14.0. The van der Waals surface area contributed by atoms with Crippen LogP contribution in [0.4, 0.5) is 5.69 Å². The molecule has 0 atom stereocenters. The molecule has 0 aliphatic carbocycles. The molecule has 0 aliphatic heterocycles. The molecule has 112 valence electrons. The van der Waals surface area contributed by atoms with E-state index in [9.17, 15) is 4.79 Å². The number of para-hydroxylation sites is 2. The summed E-state index contributed by atoms with van der Waals surface area (Å²) in [6.45, 7) is 0. The van der Waals surface area contributed by atoms with Gasteiger partial charge in [-0.3, -0.25) is 4.79 Å². The fourth-order valence-corrected chi connectivity index (χ4v) is 2.35. The Morgan fingerprint density at radius 3 is 2.68 bits per heavy atom. The molecule has 0 aliphatic rings. The van der Waals surface area contributed by atoms with Crippen molar-refractivity contribution in [3.8, 4) is 11.5 Å². The molecule has 1 amide bonds. The van der Waals surface area contributed by atoms with Crippen LogP contribution < -0.4 is 14.8 Å². The molecule has 0 unspecified atom stereocenters. The predicted octanol–water partition coefficient (Wildman–Crippen LogP) is 3.44. The first-order valence-electron chi connectivity index (χ1n) is 6.82. The molecule has 1 aromatic heterocycles. The maximum atomic E-state index is 12.5. The summed E-state index contributed by atoms with van der Waals surface area (Å²) in [6.07, 6.45) is 1.69. The summed E-state index contributed by atoms with van der Waals surface area (Å²) in [5.41, 5.74) is 2.07. The van der Waals surface area contributed by atoms with Crippen molar-refractivity contribution < 1.29 is 14.3 Å². The van der Waals surface area contributed by atoms with Crippen LogP contribution in [-0.2, 0) is 0 Å². The van der Waals surface area contributed by atoms with Crippen molar-refractivity contribution in [2.75, 3.05) is 19.5 Å². The average molecular weight is 296 g/mol. The van der Waals surface area contributed by atoms with Crippen LogP contribution in [0.25, 0.3) is 10.9 Å². The quantitative estimate of drug-likeness (QED) is 0.775. The summed E-state index contributed by atoms with van der Waals surface area (Å²) < 4.78 is 10.5. The third-order valence-corrected chi connectivity index (χ3v) is 3.49. The van der Waals surface area contributed by atoms with E-state index in [1.807, 2.05) is 30.3 Å². The van der Waals surface area contributed by atoms with E-state index in [2.05, 4.69) is 10.3 Å². The number of hydrogen-bond acceptors (Lipinski definition) is 3. The van der Waals surface area contributed by atoms with Gasteiger partial charge in [0.25, 0.3) is 5.91 Å². The Morgan fingerprint density at radius 1 is 1.09 bits per heavy atom. The summed E-state index contributed by atoms with van der Waals surface area (Å²) in [4.78, 5) is 15.6. The second-order valence-electron chi connectivity index (χ2n) is 4.77. The maximum absolute atomic E-state index is 12.5. The molecule has 2 aromatic carbocycles. The average Bonchev–Trinajstić information content (AvgIpc) is 2.98. The van der Waals surface area contributed by atoms with E-state index in [-0.39, 0.29) is 5.91 Å². The standard InChI is InChI=1S/C17H16N2O3/c1-21-11-7-8-14-12(9-11)13(10-18-14)17(20)19-15-5-3-4-6-16(15)22-2/h3-10,18H,1-2H3,(H,19,20). The van der Waals surface area contributed by atoms with Crippen molar-refractivity contribution >= 4 is 22.5 Å². The van der Waals surface area contributed by atoms with Crippen molar-refractivity contribution in [2.45, 2.75) is 0 Å². The Bertz CT molecular complexity index is 824. The summed E-state index contributed by atoms with van der Waals surface area (Å²) >= 11 is 0. The highest BCUT2D eigenvalue weighted by atomic mass is 16.5. The molecule has 1 heterocycles. The largest absolute Gasteiger partial charge is 0.497 e. The van der Waals surface area contributed by atoms with Gasteiger partial charge in [0.05, 0.1) is 25.5 Å². The summed E-state index contributed by atoms with van der Waals surface area (Å²) in [5.74, 6) is 1.12. The number of carbonyl (C=O) groups is 1. The highest BCUT2D eigenvalue weighted by molar-refractivity contribution is 6.13. The highest BCUT2D eigenvalue weighted by Crippen LogP contribution is 2.27. The van der Waals surface area contributed by atoms with Gasteiger partial charge in [-0.25, -0.2) is 0 Å². The minimum atomic E-state index is -0.205. The zero-order valence-electron chi connectivity index (χ0n) is 12.3. The SMILES string of the molecule is COc1ccc2[nH]cc(C(=O)Nc3ccccc3OC)c2c1. The third kappa shape index (κ3) is 2.48. The molecule has 3 rings (SSSR count). The minimum absolute atomic E-state index is 0.205. The lowest BCUT2D eigenvalue weighted by Crippen LogP contribution is -2.12. The van der Waals surface area contributed by atoms with E-state index in [4.69, 9.17) is 9.47 Å². The van der Waals surface area contributed by atoms with Gasteiger partial charge in [-0.05, 0) is 30.3 Å². The van der Waals surface area contributed by atoms with E-state index < -0.39 is 0 Å². The number of ether oxygens (including phenoxy) is 2. The lowest BCUT2D eigenvalue weighted by molar-refractivity contribution is 0.102. The number of methoxy groups -OCH3 is 2. The topological polar surface area (TPSA) is 63.4 Å². The van der Waals surface area contributed by atoms with Crippen LogP contribution in [0, 0.1) is 0 Å². The molecule has 0 radical (unpaired) electrons. The molecule has 2 N–H and O–H groups in total. The fourth-order valence-electron chi connectivity index (χ4n) is 2.35. The van der Waals surface area contributed by atoms with Gasteiger partial charge in [0, 0.05) is 17.1 Å². The number of rotatable bonds is 4. The zero-order chi connectivity index (χ0) is 15.5. The number of aromatic nitrogens is 1. The Hall–Kier alpha value is -2.95. The molecule has 5 nitrogen and oxygen atoms in total. The maximum Gasteiger partial charge on any atom is 0.257 e. The van der Waals surface area contributed by atoms with Gasteiger partial charge in [-0.15, -0.1) is 0 Å². The van der Waals surface area contributed by atoms with Crippen molar-refractivity contribution in [3.05, 3.63) is 54.2 Å². The van der Waals surface area contributed by atoms with Crippen LogP contribution in [0.1, 0.15) is 10.4 Å². The van der Waals surface area contributed by atoms with Gasteiger partial charge < -0.3 is 19.8 Å². The number of amides is 1. The number of H-pyrrole nitrogens is 1. The molecule has 5 heteroatoms. The van der Waals surface area contributed by atoms with Crippen LogP contribution in [0.3, 0.4) is 0 Å². The first-order valence-corrected chi connectivity index (χ1v) is 6.82. The van der Waals surface area contributed by atoms with E-state index in [1.165, 1.54) is 0 Å². The summed E-state index contributed by atoms with van der Waals surface area (Å²) in [5, 5.41) is 3.68. The number of hydrogen-bond donors (Lipinski definition) is 2. The molecule has 22 heavy (non-hydrogen) atoms. The fraction of sp³-hybridized carbons (Fsp3) is 0.118. The van der Waals surface area contributed by atoms with Gasteiger partial charge in [-0.2, -0.15) is 0 Å². The Balaban J connectivity index is 1.95. The summed E-state index contributed by atoms with van der Waals surface area (Å²) in [7, 11) is 3.17.